The summed E-state index contributed by atoms with van der Waals surface area (Å²) in [6.07, 6.45) is 4.15. The number of hydrogen-bond donors (Lipinski definition) is 0. The van der Waals surface area contributed by atoms with Gasteiger partial charge in [-0.15, -0.1) is 0 Å². The van der Waals surface area contributed by atoms with Crippen LogP contribution in [0.5, 0.6) is 0 Å². The van der Waals surface area contributed by atoms with Crippen LogP contribution in [-0.2, 0) is 6.42 Å². The van der Waals surface area contributed by atoms with Crippen LogP contribution in [-0.4, -0.2) is 16.5 Å². The first-order valence-electron chi connectivity index (χ1n) is 10.9. The Balaban J connectivity index is 1.74. The number of hydrogen-bond acceptors (Lipinski definition) is 3. The molecule has 0 amide bonds. The number of para-hydroxylation sites is 1. The number of benzene rings is 2. The van der Waals surface area contributed by atoms with Crippen molar-refractivity contribution in [3.8, 4) is 11.3 Å². The van der Waals surface area contributed by atoms with E-state index in [4.69, 9.17) is 0 Å². The fourth-order valence-corrected chi connectivity index (χ4v) is 4.99. The number of aryl methyl sites for hydroxylation is 1. The van der Waals surface area contributed by atoms with Gasteiger partial charge >= 0.3 is 0 Å². The van der Waals surface area contributed by atoms with Crippen molar-refractivity contribution in [3.63, 3.8) is 0 Å². The van der Waals surface area contributed by atoms with Gasteiger partial charge in [-0.05, 0) is 53.4 Å². The quantitative estimate of drug-likeness (QED) is 0.199. The van der Waals surface area contributed by atoms with Crippen molar-refractivity contribution < 1.29 is 9.59 Å². The Labute approximate surface area is 190 Å². The molecule has 4 heteroatoms. The van der Waals surface area contributed by atoms with E-state index < -0.39 is 0 Å². The van der Waals surface area contributed by atoms with E-state index >= 15 is 0 Å². The van der Waals surface area contributed by atoms with Gasteiger partial charge in [-0.2, -0.15) is 11.3 Å². The Morgan fingerprint density at radius 3 is 2.56 bits per heavy atom. The molecule has 5 aromatic rings. The maximum atomic E-state index is 13.6. The standard InChI is InChI=1S/C28H23NO2S/c1-2-3-6-19-9-11-20(12-10-19)28(31)24-16-26(22-13-14-32-18-22)29-25-8-5-4-7-21(25)15-23(17-30)27(24)29/h4-5,7-18H,2-3,6H2,1H3. The van der Waals surface area contributed by atoms with Gasteiger partial charge in [0.25, 0.3) is 0 Å². The van der Waals surface area contributed by atoms with Gasteiger partial charge in [-0.1, -0.05) is 55.8 Å². The van der Waals surface area contributed by atoms with Gasteiger partial charge in [0.15, 0.2) is 12.1 Å². The Morgan fingerprint density at radius 1 is 1.03 bits per heavy atom. The lowest BCUT2D eigenvalue weighted by atomic mass is 9.99. The van der Waals surface area contributed by atoms with Crippen molar-refractivity contribution in [1.29, 1.82) is 0 Å². The number of rotatable bonds is 7. The molecule has 0 radical (unpaired) electrons. The Kier molecular flexibility index (Phi) is 5.46. The molecule has 0 saturated carbocycles. The van der Waals surface area contributed by atoms with Gasteiger partial charge < -0.3 is 4.40 Å². The third-order valence-electron chi connectivity index (χ3n) is 5.99. The number of thiophene rings is 1. The number of nitrogens with zero attached hydrogens (tertiary/aromatic N) is 1. The molecule has 0 fully saturated rings. The minimum absolute atomic E-state index is 0.0654. The molecule has 3 aromatic heterocycles. The van der Waals surface area contributed by atoms with Gasteiger partial charge in [0.1, 0.15) is 0 Å². The van der Waals surface area contributed by atoms with Crippen molar-refractivity contribution in [2.24, 2.45) is 0 Å². The van der Waals surface area contributed by atoms with Crippen LogP contribution in [0.1, 0.15) is 51.6 Å². The SMILES string of the molecule is CCCCc1ccc(C(=O)c2cc(-c3ccsc3)n3c2c(C=O)cc2ccccc23)cc1. The summed E-state index contributed by atoms with van der Waals surface area (Å²) in [5.74, 6) is -0.0654. The van der Waals surface area contributed by atoms with E-state index in [1.807, 2.05) is 72.1 Å². The van der Waals surface area contributed by atoms with E-state index in [2.05, 4.69) is 16.7 Å². The molecule has 0 unspecified atom stereocenters. The number of unbranched alkanes of at least 4 members (excludes halogenated alkanes) is 1. The van der Waals surface area contributed by atoms with E-state index in [0.29, 0.717) is 22.2 Å². The molecule has 0 spiro atoms. The third-order valence-corrected chi connectivity index (χ3v) is 6.67. The Hall–Kier alpha value is -3.50. The van der Waals surface area contributed by atoms with Crippen molar-refractivity contribution in [2.75, 3.05) is 0 Å². The van der Waals surface area contributed by atoms with Gasteiger partial charge in [0.05, 0.1) is 16.7 Å². The molecular weight excluding hydrogens is 414 g/mol. The summed E-state index contributed by atoms with van der Waals surface area (Å²) in [6, 6.07) is 21.7. The lowest BCUT2D eigenvalue weighted by Gasteiger charge is -2.10. The van der Waals surface area contributed by atoms with Crippen LogP contribution in [0.4, 0.5) is 0 Å². The van der Waals surface area contributed by atoms with Crippen molar-refractivity contribution in [3.05, 3.63) is 99.7 Å². The number of carbonyl (C=O) groups is 2. The van der Waals surface area contributed by atoms with Gasteiger partial charge in [0, 0.05) is 27.6 Å². The van der Waals surface area contributed by atoms with E-state index in [9.17, 15) is 9.59 Å². The Bertz CT molecular complexity index is 1430. The summed E-state index contributed by atoms with van der Waals surface area (Å²) < 4.78 is 2.06. The number of pyridine rings is 1. The summed E-state index contributed by atoms with van der Waals surface area (Å²) >= 11 is 1.61. The maximum absolute atomic E-state index is 13.6. The van der Waals surface area contributed by atoms with Crippen LogP contribution in [0.15, 0.2) is 77.5 Å². The smallest absolute Gasteiger partial charge is 0.195 e. The first-order chi connectivity index (χ1) is 15.7. The molecule has 158 valence electrons. The van der Waals surface area contributed by atoms with Crippen LogP contribution in [0.3, 0.4) is 0 Å². The maximum Gasteiger partial charge on any atom is 0.195 e. The summed E-state index contributed by atoms with van der Waals surface area (Å²) in [5, 5.41) is 5.06. The van der Waals surface area contributed by atoms with Crippen LogP contribution in [0, 0.1) is 0 Å². The summed E-state index contributed by atoms with van der Waals surface area (Å²) in [4.78, 5) is 25.7. The average Bonchev–Trinajstić information content (AvgIpc) is 3.50. The second-order valence-corrected chi connectivity index (χ2v) is 8.83. The number of aromatic nitrogens is 1. The molecule has 3 nitrogen and oxygen atoms in total. The molecule has 0 aliphatic carbocycles. The predicted molar refractivity (Wildman–Crippen MR) is 132 cm³/mol. The summed E-state index contributed by atoms with van der Waals surface area (Å²) in [6.45, 7) is 2.18. The normalized spacial score (nSPS) is 11.3. The molecule has 0 atom stereocenters. The highest BCUT2D eigenvalue weighted by molar-refractivity contribution is 7.08. The van der Waals surface area contributed by atoms with Gasteiger partial charge in [-0.25, -0.2) is 0 Å². The highest BCUT2D eigenvalue weighted by Crippen LogP contribution is 2.34. The largest absolute Gasteiger partial charge is 0.308 e. The van der Waals surface area contributed by atoms with Gasteiger partial charge in [-0.3, -0.25) is 9.59 Å². The zero-order valence-corrected chi connectivity index (χ0v) is 18.7. The second kappa shape index (κ2) is 8.56. The van der Waals surface area contributed by atoms with Crippen LogP contribution < -0.4 is 0 Å². The Morgan fingerprint density at radius 2 is 1.84 bits per heavy atom. The van der Waals surface area contributed by atoms with E-state index in [1.54, 1.807) is 11.3 Å². The lowest BCUT2D eigenvalue weighted by Crippen LogP contribution is -2.03. The first-order valence-corrected chi connectivity index (χ1v) is 11.8. The predicted octanol–water partition coefficient (Wildman–Crippen LogP) is 7.21. The highest BCUT2D eigenvalue weighted by Gasteiger charge is 2.22. The molecular formula is C28H23NO2S. The molecule has 32 heavy (non-hydrogen) atoms. The minimum Gasteiger partial charge on any atom is -0.308 e. The number of carbonyl (C=O) groups excluding carboxylic acids is 2. The van der Waals surface area contributed by atoms with Crippen LogP contribution in [0.2, 0.25) is 0 Å². The summed E-state index contributed by atoms with van der Waals surface area (Å²) in [5.41, 5.74) is 6.55. The number of fused-ring (bicyclic) bond motifs is 3. The molecule has 0 aliphatic rings. The van der Waals surface area contributed by atoms with E-state index in [1.165, 1.54) is 5.56 Å². The molecule has 3 heterocycles. The second-order valence-electron chi connectivity index (χ2n) is 8.05. The summed E-state index contributed by atoms with van der Waals surface area (Å²) in [7, 11) is 0. The lowest BCUT2D eigenvalue weighted by molar-refractivity contribution is 0.104. The zero-order valence-electron chi connectivity index (χ0n) is 17.9. The molecule has 0 aliphatic heterocycles. The highest BCUT2D eigenvalue weighted by atomic mass is 32.1. The third kappa shape index (κ3) is 3.47. The fraction of sp³-hybridized carbons (Fsp3) is 0.143. The van der Waals surface area contributed by atoms with E-state index in [0.717, 1.165) is 47.7 Å². The van der Waals surface area contributed by atoms with Crippen molar-refractivity contribution >= 4 is 39.8 Å². The molecule has 0 saturated heterocycles. The van der Waals surface area contributed by atoms with Crippen molar-refractivity contribution in [1.82, 2.24) is 4.40 Å². The minimum atomic E-state index is -0.0654. The first kappa shape index (κ1) is 20.4. The monoisotopic (exact) mass is 437 g/mol. The molecule has 5 rings (SSSR count). The van der Waals surface area contributed by atoms with E-state index in [-0.39, 0.29) is 5.78 Å². The average molecular weight is 438 g/mol. The number of aldehydes is 1. The topological polar surface area (TPSA) is 38.5 Å². The number of ketones is 1. The molecule has 2 aromatic carbocycles. The molecule has 0 bridgehead atoms. The van der Waals surface area contributed by atoms with Crippen LogP contribution in [0.25, 0.3) is 27.7 Å². The molecule has 0 N–H and O–H groups in total. The van der Waals surface area contributed by atoms with Gasteiger partial charge in [0.2, 0.25) is 0 Å². The fourth-order valence-electron chi connectivity index (χ4n) is 4.34. The van der Waals surface area contributed by atoms with Crippen molar-refractivity contribution in [2.45, 2.75) is 26.2 Å². The zero-order chi connectivity index (χ0) is 22.1. The van der Waals surface area contributed by atoms with Crippen LogP contribution >= 0.6 is 11.3 Å².